The largest absolute Gasteiger partial charge is 0.459 e. The summed E-state index contributed by atoms with van der Waals surface area (Å²) in [6.45, 7) is 4.45. The van der Waals surface area contributed by atoms with E-state index >= 15 is 0 Å². The summed E-state index contributed by atoms with van der Waals surface area (Å²) in [7, 11) is 0. The summed E-state index contributed by atoms with van der Waals surface area (Å²) in [4.78, 5) is 12.0. The Kier molecular flexibility index (Phi) is 3.65. The van der Waals surface area contributed by atoms with Gasteiger partial charge in [0.15, 0.2) is 0 Å². The van der Waals surface area contributed by atoms with Gasteiger partial charge in [0.1, 0.15) is 0 Å². The number of hydrogen-bond donors (Lipinski definition) is 1. The minimum atomic E-state index is -0.255. The second kappa shape index (κ2) is 5.60. The maximum absolute atomic E-state index is 12.0. The van der Waals surface area contributed by atoms with Crippen molar-refractivity contribution in [1.29, 1.82) is 0 Å². The van der Waals surface area contributed by atoms with Crippen LogP contribution >= 0.6 is 0 Å². The molecule has 108 valence electrons. The maximum atomic E-state index is 12.0. The van der Waals surface area contributed by atoms with Crippen molar-refractivity contribution in [3.8, 4) is 0 Å². The fraction of sp³-hybridized carbons (Fsp3) is 0.278. The van der Waals surface area contributed by atoms with E-state index in [9.17, 15) is 4.79 Å². The summed E-state index contributed by atoms with van der Waals surface area (Å²) in [5, 5.41) is 3.44. The van der Waals surface area contributed by atoms with Gasteiger partial charge in [0.05, 0.1) is 11.7 Å². The molecule has 0 bridgehead atoms. The predicted octanol–water partition coefficient (Wildman–Crippen LogP) is 3.77. The van der Waals surface area contributed by atoms with E-state index in [4.69, 9.17) is 4.74 Å². The molecule has 0 aliphatic carbocycles. The van der Waals surface area contributed by atoms with Crippen LogP contribution in [0, 0.1) is 0 Å². The quantitative estimate of drug-likeness (QED) is 0.852. The Bertz CT molecular complexity index is 677. The van der Waals surface area contributed by atoms with Crippen LogP contribution in [0.2, 0.25) is 0 Å². The normalized spacial score (nSPS) is 12.9. The van der Waals surface area contributed by atoms with Crippen LogP contribution in [0.3, 0.4) is 0 Å². The lowest BCUT2D eigenvalue weighted by Gasteiger charge is -2.11. The van der Waals surface area contributed by atoms with Crippen molar-refractivity contribution >= 4 is 11.7 Å². The lowest BCUT2D eigenvalue weighted by Crippen LogP contribution is -2.12. The van der Waals surface area contributed by atoms with Gasteiger partial charge in [-0.1, -0.05) is 24.3 Å². The molecule has 3 nitrogen and oxygen atoms in total. The molecule has 0 aromatic heterocycles. The number of carbonyl (C=O) groups is 1. The molecule has 3 rings (SSSR count). The lowest BCUT2D eigenvalue weighted by molar-refractivity contribution is 0.0378. The third-order valence-corrected chi connectivity index (χ3v) is 3.65. The third kappa shape index (κ3) is 2.92. The Labute approximate surface area is 124 Å². The van der Waals surface area contributed by atoms with E-state index in [1.807, 2.05) is 38.1 Å². The van der Waals surface area contributed by atoms with Crippen LogP contribution in [-0.2, 0) is 17.7 Å². The van der Waals surface area contributed by atoms with Gasteiger partial charge in [-0.2, -0.15) is 0 Å². The number of nitrogens with one attached hydrogen (secondary N) is 1. The molecular formula is C18H19NO2. The molecule has 0 spiro atoms. The van der Waals surface area contributed by atoms with E-state index in [-0.39, 0.29) is 12.1 Å². The molecule has 0 fully saturated rings. The summed E-state index contributed by atoms with van der Waals surface area (Å²) in [5.41, 5.74) is 5.49. The Morgan fingerprint density at radius 1 is 1.10 bits per heavy atom. The first-order valence-corrected chi connectivity index (χ1v) is 7.28. The molecule has 0 unspecified atom stereocenters. The van der Waals surface area contributed by atoms with Gasteiger partial charge in [0, 0.05) is 12.2 Å². The van der Waals surface area contributed by atoms with Crippen molar-refractivity contribution in [1.82, 2.24) is 0 Å². The zero-order valence-corrected chi connectivity index (χ0v) is 12.3. The van der Waals surface area contributed by atoms with Gasteiger partial charge in [-0.15, -0.1) is 0 Å². The number of anilines is 1. The van der Waals surface area contributed by atoms with Crippen molar-refractivity contribution in [3.63, 3.8) is 0 Å². The summed E-state index contributed by atoms with van der Waals surface area (Å²) in [5.74, 6) is -0.255. The maximum Gasteiger partial charge on any atom is 0.338 e. The van der Waals surface area contributed by atoms with Crippen molar-refractivity contribution in [2.45, 2.75) is 32.9 Å². The smallest absolute Gasteiger partial charge is 0.338 e. The second-order valence-electron chi connectivity index (χ2n) is 5.63. The molecule has 2 aromatic rings. The molecule has 2 aromatic carbocycles. The number of benzene rings is 2. The molecule has 0 radical (unpaired) electrons. The SMILES string of the molecule is CC(C)OC(=O)c1ccc2c(c1)CNc1ccccc1C2. The zero-order valence-electron chi connectivity index (χ0n) is 12.3. The average molecular weight is 281 g/mol. The number of rotatable bonds is 2. The van der Waals surface area contributed by atoms with Crippen molar-refractivity contribution < 1.29 is 9.53 Å². The number of esters is 1. The molecule has 1 N–H and O–H groups in total. The van der Waals surface area contributed by atoms with Gasteiger partial charge >= 0.3 is 5.97 Å². The highest BCUT2D eigenvalue weighted by molar-refractivity contribution is 5.90. The van der Waals surface area contributed by atoms with Crippen LogP contribution in [0.4, 0.5) is 5.69 Å². The van der Waals surface area contributed by atoms with Crippen molar-refractivity contribution in [2.75, 3.05) is 5.32 Å². The summed E-state index contributed by atoms with van der Waals surface area (Å²) < 4.78 is 5.26. The monoisotopic (exact) mass is 281 g/mol. The zero-order chi connectivity index (χ0) is 14.8. The molecule has 0 saturated heterocycles. The van der Waals surface area contributed by atoms with Gasteiger partial charge < -0.3 is 10.1 Å². The minimum Gasteiger partial charge on any atom is -0.459 e. The molecule has 0 saturated carbocycles. The highest BCUT2D eigenvalue weighted by Crippen LogP contribution is 2.26. The van der Waals surface area contributed by atoms with Gasteiger partial charge in [0.25, 0.3) is 0 Å². The van der Waals surface area contributed by atoms with E-state index in [1.54, 1.807) is 0 Å². The molecule has 1 heterocycles. The average Bonchev–Trinajstić information content (AvgIpc) is 2.64. The van der Waals surface area contributed by atoms with Crippen LogP contribution in [-0.4, -0.2) is 12.1 Å². The summed E-state index contributed by atoms with van der Waals surface area (Å²) >= 11 is 0. The molecule has 0 amide bonds. The van der Waals surface area contributed by atoms with Crippen LogP contribution in [0.5, 0.6) is 0 Å². The summed E-state index contributed by atoms with van der Waals surface area (Å²) in [6, 6.07) is 14.2. The summed E-state index contributed by atoms with van der Waals surface area (Å²) in [6.07, 6.45) is 0.788. The first-order chi connectivity index (χ1) is 10.1. The molecule has 21 heavy (non-hydrogen) atoms. The standard InChI is InChI=1S/C18H19NO2/c1-12(2)21-18(20)15-8-7-13-9-14-5-3-4-6-17(14)19-11-16(13)10-15/h3-8,10,12,19H,9,11H2,1-2H3. The Balaban J connectivity index is 1.90. The minimum absolute atomic E-state index is 0.0984. The second-order valence-corrected chi connectivity index (χ2v) is 5.63. The molecule has 0 atom stereocenters. The number of carbonyl (C=O) groups excluding carboxylic acids is 1. The topological polar surface area (TPSA) is 38.3 Å². The predicted molar refractivity (Wildman–Crippen MR) is 83.6 cm³/mol. The molecule has 1 aliphatic heterocycles. The molecule has 3 heteroatoms. The Morgan fingerprint density at radius 2 is 1.90 bits per heavy atom. The van der Waals surface area contributed by atoms with Gasteiger partial charge in [0.2, 0.25) is 0 Å². The molecule has 1 aliphatic rings. The lowest BCUT2D eigenvalue weighted by atomic mass is 9.98. The number of hydrogen-bond acceptors (Lipinski definition) is 3. The Morgan fingerprint density at radius 3 is 2.71 bits per heavy atom. The van der Waals surface area contributed by atoms with Crippen molar-refractivity contribution in [3.05, 3.63) is 64.7 Å². The van der Waals surface area contributed by atoms with Gasteiger partial charge in [-0.05, 0) is 55.2 Å². The fourth-order valence-corrected chi connectivity index (χ4v) is 2.61. The van der Waals surface area contributed by atoms with Crippen molar-refractivity contribution in [2.24, 2.45) is 0 Å². The van der Waals surface area contributed by atoms with Gasteiger partial charge in [-0.3, -0.25) is 0 Å². The number of ether oxygens (including phenoxy) is 1. The van der Waals surface area contributed by atoms with Crippen LogP contribution in [0.15, 0.2) is 42.5 Å². The highest BCUT2D eigenvalue weighted by Gasteiger charge is 2.15. The van der Waals surface area contributed by atoms with E-state index in [0.29, 0.717) is 5.56 Å². The number of fused-ring (bicyclic) bond motifs is 2. The first kappa shape index (κ1) is 13.7. The van der Waals surface area contributed by atoms with Crippen LogP contribution < -0.4 is 5.32 Å². The van der Waals surface area contributed by atoms with E-state index in [1.165, 1.54) is 16.8 Å². The van der Waals surface area contributed by atoms with E-state index in [2.05, 4.69) is 23.5 Å². The van der Waals surface area contributed by atoms with Crippen LogP contribution in [0.1, 0.15) is 40.9 Å². The number of para-hydroxylation sites is 1. The van der Waals surface area contributed by atoms with E-state index in [0.717, 1.165) is 18.5 Å². The van der Waals surface area contributed by atoms with Crippen LogP contribution in [0.25, 0.3) is 0 Å². The Hall–Kier alpha value is -2.29. The highest BCUT2D eigenvalue weighted by atomic mass is 16.5. The first-order valence-electron chi connectivity index (χ1n) is 7.28. The fourth-order valence-electron chi connectivity index (χ4n) is 2.61. The third-order valence-electron chi connectivity index (χ3n) is 3.65. The van der Waals surface area contributed by atoms with Gasteiger partial charge in [-0.25, -0.2) is 4.79 Å². The molecular weight excluding hydrogens is 262 g/mol. The van der Waals surface area contributed by atoms with E-state index < -0.39 is 0 Å².